The lowest BCUT2D eigenvalue weighted by atomic mass is 10.1. The fourth-order valence-electron chi connectivity index (χ4n) is 1.81. The molecule has 0 saturated heterocycles. The molecule has 0 bridgehead atoms. The maximum absolute atomic E-state index is 10.8. The second kappa shape index (κ2) is 5.52. The molecule has 0 amide bonds. The molecule has 0 unspecified atom stereocenters. The van der Waals surface area contributed by atoms with Crippen molar-refractivity contribution in [3.8, 4) is 0 Å². The number of nitrogen functional groups attached to an aromatic ring is 1. The summed E-state index contributed by atoms with van der Waals surface area (Å²) in [5.74, 6) is -0.987. The smallest absolute Gasteiger partial charge is 0.335 e. The van der Waals surface area contributed by atoms with Crippen LogP contribution in [0.25, 0.3) is 0 Å². The number of rotatable bonds is 4. The van der Waals surface area contributed by atoms with Crippen LogP contribution in [0.1, 0.15) is 10.4 Å². The summed E-state index contributed by atoms with van der Waals surface area (Å²) in [7, 11) is 3.95. The van der Waals surface area contributed by atoms with Gasteiger partial charge in [0.1, 0.15) is 0 Å². The summed E-state index contributed by atoms with van der Waals surface area (Å²) in [6.07, 6.45) is 0. The van der Waals surface area contributed by atoms with Gasteiger partial charge in [0, 0.05) is 25.5 Å². The van der Waals surface area contributed by atoms with Crippen molar-refractivity contribution in [2.45, 2.75) is 0 Å². The second-order valence-electron chi connectivity index (χ2n) is 4.67. The molecule has 0 heterocycles. The van der Waals surface area contributed by atoms with Crippen LogP contribution in [0.4, 0.5) is 22.7 Å². The van der Waals surface area contributed by atoms with E-state index in [-0.39, 0.29) is 5.56 Å². The van der Waals surface area contributed by atoms with E-state index in [9.17, 15) is 4.79 Å². The summed E-state index contributed by atoms with van der Waals surface area (Å²) in [5, 5.41) is 12.1. The molecule has 5 nitrogen and oxygen atoms in total. The van der Waals surface area contributed by atoms with Gasteiger partial charge in [-0.1, -0.05) is 0 Å². The zero-order valence-electron chi connectivity index (χ0n) is 11.4. The Hall–Kier alpha value is -2.69. The molecule has 2 aromatic rings. The van der Waals surface area contributed by atoms with Crippen molar-refractivity contribution < 1.29 is 9.90 Å². The first-order valence-corrected chi connectivity index (χ1v) is 6.14. The highest BCUT2D eigenvalue weighted by Gasteiger charge is 2.06. The van der Waals surface area contributed by atoms with E-state index in [2.05, 4.69) is 5.32 Å². The maximum Gasteiger partial charge on any atom is 0.335 e. The average Bonchev–Trinajstić information content (AvgIpc) is 2.41. The van der Waals surface area contributed by atoms with Crippen molar-refractivity contribution in [3.05, 3.63) is 48.0 Å². The molecule has 0 saturated carbocycles. The predicted molar refractivity (Wildman–Crippen MR) is 81.9 cm³/mol. The summed E-state index contributed by atoms with van der Waals surface area (Å²) < 4.78 is 0. The molecule has 5 heteroatoms. The van der Waals surface area contributed by atoms with Crippen molar-refractivity contribution in [1.82, 2.24) is 0 Å². The van der Waals surface area contributed by atoms with E-state index in [0.717, 1.165) is 11.4 Å². The molecular weight excluding hydrogens is 254 g/mol. The molecule has 0 aromatic heterocycles. The third kappa shape index (κ3) is 3.00. The van der Waals surface area contributed by atoms with Gasteiger partial charge >= 0.3 is 5.97 Å². The van der Waals surface area contributed by atoms with Crippen LogP contribution in [0.3, 0.4) is 0 Å². The van der Waals surface area contributed by atoms with Gasteiger partial charge in [0.15, 0.2) is 0 Å². The number of hydrogen-bond acceptors (Lipinski definition) is 4. The van der Waals surface area contributed by atoms with Crippen LogP contribution < -0.4 is 16.0 Å². The van der Waals surface area contributed by atoms with Gasteiger partial charge in [-0.3, -0.25) is 0 Å². The van der Waals surface area contributed by atoms with Crippen molar-refractivity contribution in [3.63, 3.8) is 0 Å². The molecule has 0 aliphatic rings. The van der Waals surface area contributed by atoms with Gasteiger partial charge in [-0.2, -0.15) is 0 Å². The van der Waals surface area contributed by atoms with E-state index < -0.39 is 5.97 Å². The lowest BCUT2D eigenvalue weighted by Crippen LogP contribution is -2.08. The first-order chi connectivity index (χ1) is 9.47. The Balaban J connectivity index is 2.19. The molecule has 104 valence electrons. The van der Waals surface area contributed by atoms with E-state index >= 15 is 0 Å². The number of hydrogen-bond donors (Lipinski definition) is 3. The Bertz CT molecular complexity index is 622. The molecule has 2 aromatic carbocycles. The van der Waals surface area contributed by atoms with Gasteiger partial charge in [-0.05, 0) is 42.5 Å². The van der Waals surface area contributed by atoms with Gasteiger partial charge in [-0.25, -0.2) is 4.79 Å². The Labute approximate surface area is 117 Å². The highest BCUT2D eigenvalue weighted by atomic mass is 16.4. The van der Waals surface area contributed by atoms with Crippen LogP contribution in [0.2, 0.25) is 0 Å². The molecule has 0 spiro atoms. The van der Waals surface area contributed by atoms with E-state index in [4.69, 9.17) is 10.8 Å². The zero-order valence-corrected chi connectivity index (χ0v) is 11.4. The summed E-state index contributed by atoms with van der Waals surface area (Å²) in [6.45, 7) is 0. The fourth-order valence-corrected chi connectivity index (χ4v) is 1.81. The molecular formula is C15H17N3O2. The highest BCUT2D eigenvalue weighted by molar-refractivity contribution is 5.90. The van der Waals surface area contributed by atoms with E-state index in [1.54, 1.807) is 6.07 Å². The van der Waals surface area contributed by atoms with Crippen LogP contribution in [-0.4, -0.2) is 25.2 Å². The number of anilines is 4. The lowest BCUT2D eigenvalue weighted by Gasteiger charge is -2.14. The maximum atomic E-state index is 10.8. The summed E-state index contributed by atoms with van der Waals surface area (Å²) >= 11 is 0. The standard InChI is InChI=1S/C15H17N3O2/c1-18(2)12-6-4-11(5-7-12)17-14-8-3-10(15(19)20)9-13(14)16/h3-9,17H,16H2,1-2H3,(H,19,20). The number of nitrogens with zero attached hydrogens (tertiary/aromatic N) is 1. The number of benzene rings is 2. The van der Waals surface area contributed by atoms with Gasteiger partial charge in [-0.15, -0.1) is 0 Å². The number of aromatic carboxylic acids is 1. The molecule has 0 fully saturated rings. The monoisotopic (exact) mass is 271 g/mol. The van der Waals surface area contributed by atoms with Gasteiger partial charge in [0.05, 0.1) is 16.9 Å². The molecule has 0 atom stereocenters. The minimum absolute atomic E-state index is 0.177. The van der Waals surface area contributed by atoms with E-state index in [1.165, 1.54) is 12.1 Å². The Morgan fingerprint density at radius 2 is 1.80 bits per heavy atom. The van der Waals surface area contributed by atoms with Crippen LogP contribution in [0.5, 0.6) is 0 Å². The topological polar surface area (TPSA) is 78.6 Å². The molecule has 0 radical (unpaired) electrons. The van der Waals surface area contributed by atoms with Crippen molar-refractivity contribution in [2.75, 3.05) is 30.0 Å². The molecule has 0 aliphatic heterocycles. The minimum atomic E-state index is -0.987. The lowest BCUT2D eigenvalue weighted by molar-refractivity contribution is 0.0697. The second-order valence-corrected chi connectivity index (χ2v) is 4.67. The quantitative estimate of drug-likeness (QED) is 0.745. The molecule has 2 rings (SSSR count). The van der Waals surface area contributed by atoms with Crippen molar-refractivity contribution >= 4 is 28.7 Å². The number of carboxylic acid groups (broad SMARTS) is 1. The average molecular weight is 271 g/mol. The number of nitrogens with one attached hydrogen (secondary N) is 1. The Morgan fingerprint density at radius 1 is 1.15 bits per heavy atom. The van der Waals surface area contributed by atoms with Crippen LogP contribution >= 0.6 is 0 Å². The normalized spacial score (nSPS) is 10.1. The SMILES string of the molecule is CN(C)c1ccc(Nc2ccc(C(=O)O)cc2N)cc1. The summed E-state index contributed by atoms with van der Waals surface area (Å²) in [5.41, 5.74) is 9.12. The first-order valence-electron chi connectivity index (χ1n) is 6.14. The molecule has 0 aliphatic carbocycles. The predicted octanol–water partition coefficient (Wildman–Crippen LogP) is 2.78. The third-order valence-corrected chi connectivity index (χ3v) is 2.96. The van der Waals surface area contributed by atoms with Crippen molar-refractivity contribution in [1.29, 1.82) is 0 Å². The molecule has 4 N–H and O–H groups in total. The fraction of sp³-hybridized carbons (Fsp3) is 0.133. The Kier molecular flexibility index (Phi) is 3.79. The van der Waals surface area contributed by atoms with Gasteiger partial charge in [0.25, 0.3) is 0 Å². The number of carbonyl (C=O) groups is 1. The first kappa shape index (κ1) is 13.7. The highest BCUT2D eigenvalue weighted by Crippen LogP contribution is 2.25. The van der Waals surface area contributed by atoms with E-state index in [0.29, 0.717) is 11.4 Å². The van der Waals surface area contributed by atoms with E-state index in [1.807, 2.05) is 43.3 Å². The zero-order chi connectivity index (χ0) is 14.7. The van der Waals surface area contributed by atoms with Crippen LogP contribution in [0.15, 0.2) is 42.5 Å². The largest absolute Gasteiger partial charge is 0.478 e. The molecule has 20 heavy (non-hydrogen) atoms. The summed E-state index contributed by atoms with van der Waals surface area (Å²) in [6, 6.07) is 12.5. The van der Waals surface area contributed by atoms with Crippen LogP contribution in [-0.2, 0) is 0 Å². The minimum Gasteiger partial charge on any atom is -0.478 e. The number of carboxylic acids is 1. The van der Waals surface area contributed by atoms with Crippen molar-refractivity contribution in [2.24, 2.45) is 0 Å². The Morgan fingerprint density at radius 3 is 2.30 bits per heavy atom. The summed E-state index contributed by atoms with van der Waals surface area (Å²) in [4.78, 5) is 12.9. The van der Waals surface area contributed by atoms with Gasteiger partial charge in [0.2, 0.25) is 0 Å². The van der Waals surface area contributed by atoms with Crippen LogP contribution in [0, 0.1) is 0 Å². The third-order valence-electron chi connectivity index (χ3n) is 2.96. The number of nitrogens with two attached hydrogens (primary N) is 1. The van der Waals surface area contributed by atoms with Gasteiger partial charge < -0.3 is 21.1 Å².